The van der Waals surface area contributed by atoms with E-state index in [1.54, 1.807) is 0 Å². The van der Waals surface area contributed by atoms with Crippen molar-refractivity contribution in [2.75, 3.05) is 12.4 Å². The van der Waals surface area contributed by atoms with Crippen molar-refractivity contribution in [3.05, 3.63) is 23.8 Å². The zero-order valence-electron chi connectivity index (χ0n) is 12.1. The van der Waals surface area contributed by atoms with E-state index < -0.39 is 0 Å². The summed E-state index contributed by atoms with van der Waals surface area (Å²) < 4.78 is 1.91. The Morgan fingerprint density at radius 3 is 2.63 bits per heavy atom. The van der Waals surface area contributed by atoms with Crippen molar-refractivity contribution in [1.29, 1.82) is 0 Å². The lowest BCUT2D eigenvalue weighted by Crippen LogP contribution is -2.05. The SMILES string of the molecule is CCCc1nc(NC)c(C)c(-c2cnn(CC)c2)n1. The van der Waals surface area contributed by atoms with Gasteiger partial charge >= 0.3 is 0 Å². The average molecular weight is 259 g/mol. The molecule has 0 radical (unpaired) electrons. The lowest BCUT2D eigenvalue weighted by atomic mass is 10.1. The maximum absolute atomic E-state index is 4.68. The summed E-state index contributed by atoms with van der Waals surface area (Å²) in [4.78, 5) is 9.23. The monoisotopic (exact) mass is 259 g/mol. The molecule has 0 bridgehead atoms. The second-order valence-electron chi connectivity index (χ2n) is 4.55. The van der Waals surface area contributed by atoms with E-state index in [0.717, 1.165) is 47.8 Å². The Morgan fingerprint density at radius 1 is 1.26 bits per heavy atom. The van der Waals surface area contributed by atoms with E-state index in [2.05, 4.69) is 34.2 Å². The van der Waals surface area contributed by atoms with Crippen LogP contribution in [-0.2, 0) is 13.0 Å². The highest BCUT2D eigenvalue weighted by Gasteiger charge is 2.13. The van der Waals surface area contributed by atoms with Gasteiger partial charge in [0.2, 0.25) is 0 Å². The van der Waals surface area contributed by atoms with Crippen LogP contribution < -0.4 is 5.32 Å². The van der Waals surface area contributed by atoms with Crippen LogP contribution in [-0.4, -0.2) is 26.8 Å². The fraction of sp³-hybridized carbons (Fsp3) is 0.500. The number of hydrogen-bond acceptors (Lipinski definition) is 4. The van der Waals surface area contributed by atoms with Gasteiger partial charge in [-0.15, -0.1) is 0 Å². The first-order chi connectivity index (χ1) is 9.19. The predicted molar refractivity (Wildman–Crippen MR) is 77.2 cm³/mol. The van der Waals surface area contributed by atoms with E-state index in [9.17, 15) is 0 Å². The number of aryl methyl sites for hydroxylation is 2. The van der Waals surface area contributed by atoms with Gasteiger partial charge in [0.1, 0.15) is 11.6 Å². The van der Waals surface area contributed by atoms with Crippen molar-refractivity contribution in [3.8, 4) is 11.3 Å². The molecule has 0 saturated carbocycles. The van der Waals surface area contributed by atoms with Crippen LogP contribution in [0.1, 0.15) is 31.7 Å². The lowest BCUT2D eigenvalue weighted by Gasteiger charge is -2.10. The summed E-state index contributed by atoms with van der Waals surface area (Å²) in [5.74, 6) is 1.79. The molecule has 5 heteroatoms. The number of anilines is 1. The Kier molecular flexibility index (Phi) is 4.14. The molecular formula is C14H21N5. The second kappa shape index (κ2) is 5.82. The standard InChI is InChI=1S/C14H21N5/c1-5-7-12-17-13(10(3)14(15-4)18-12)11-8-16-19(6-2)9-11/h8-9H,5-7H2,1-4H3,(H,15,17,18). The molecule has 0 aliphatic rings. The number of hydrogen-bond donors (Lipinski definition) is 1. The highest BCUT2D eigenvalue weighted by Crippen LogP contribution is 2.25. The summed E-state index contributed by atoms with van der Waals surface area (Å²) in [5, 5.41) is 7.47. The van der Waals surface area contributed by atoms with Gasteiger partial charge in [-0.1, -0.05) is 6.92 Å². The van der Waals surface area contributed by atoms with Gasteiger partial charge in [-0.3, -0.25) is 4.68 Å². The molecule has 0 aliphatic carbocycles. The summed E-state index contributed by atoms with van der Waals surface area (Å²) in [6.45, 7) is 7.12. The van der Waals surface area contributed by atoms with Crippen LogP contribution in [0.15, 0.2) is 12.4 Å². The molecule has 1 N–H and O–H groups in total. The van der Waals surface area contributed by atoms with Gasteiger partial charge in [0.25, 0.3) is 0 Å². The summed E-state index contributed by atoms with van der Waals surface area (Å²) in [7, 11) is 1.89. The van der Waals surface area contributed by atoms with Crippen LogP contribution in [0.2, 0.25) is 0 Å². The Balaban J connectivity index is 2.50. The Labute approximate surface area is 114 Å². The molecule has 2 aromatic rings. The van der Waals surface area contributed by atoms with E-state index in [-0.39, 0.29) is 0 Å². The van der Waals surface area contributed by atoms with E-state index in [0.29, 0.717) is 0 Å². The Hall–Kier alpha value is -1.91. The van der Waals surface area contributed by atoms with Crippen molar-refractivity contribution in [2.24, 2.45) is 0 Å². The number of nitrogens with zero attached hydrogens (tertiary/aromatic N) is 4. The van der Waals surface area contributed by atoms with Gasteiger partial charge in [0.15, 0.2) is 0 Å². The predicted octanol–water partition coefficient (Wildman–Crippen LogP) is 2.66. The minimum Gasteiger partial charge on any atom is -0.373 e. The lowest BCUT2D eigenvalue weighted by molar-refractivity contribution is 0.660. The third kappa shape index (κ3) is 2.75. The van der Waals surface area contributed by atoms with E-state index in [1.807, 2.05) is 31.0 Å². The minimum absolute atomic E-state index is 0.866. The fourth-order valence-electron chi connectivity index (χ4n) is 2.08. The van der Waals surface area contributed by atoms with Crippen LogP contribution in [0.3, 0.4) is 0 Å². The second-order valence-corrected chi connectivity index (χ2v) is 4.55. The third-order valence-electron chi connectivity index (χ3n) is 3.13. The molecule has 2 aromatic heterocycles. The number of nitrogens with one attached hydrogen (secondary N) is 1. The molecule has 0 fully saturated rings. The minimum atomic E-state index is 0.866. The van der Waals surface area contributed by atoms with Crippen molar-refractivity contribution in [2.45, 2.75) is 40.2 Å². The smallest absolute Gasteiger partial charge is 0.133 e. The molecule has 0 aliphatic heterocycles. The Morgan fingerprint density at radius 2 is 2.05 bits per heavy atom. The first-order valence-corrected chi connectivity index (χ1v) is 6.77. The summed E-state index contributed by atoms with van der Waals surface area (Å²) in [6, 6.07) is 0. The average Bonchev–Trinajstić information content (AvgIpc) is 2.89. The van der Waals surface area contributed by atoms with E-state index >= 15 is 0 Å². The number of rotatable bonds is 5. The van der Waals surface area contributed by atoms with Crippen LogP contribution in [0.4, 0.5) is 5.82 Å². The molecule has 102 valence electrons. The normalized spacial score (nSPS) is 10.7. The van der Waals surface area contributed by atoms with Crippen LogP contribution in [0, 0.1) is 6.92 Å². The molecule has 5 nitrogen and oxygen atoms in total. The molecule has 0 amide bonds. The van der Waals surface area contributed by atoms with Gasteiger partial charge in [0, 0.05) is 37.3 Å². The first-order valence-electron chi connectivity index (χ1n) is 6.77. The molecule has 19 heavy (non-hydrogen) atoms. The van der Waals surface area contributed by atoms with E-state index in [1.165, 1.54) is 0 Å². The van der Waals surface area contributed by atoms with Crippen molar-refractivity contribution in [1.82, 2.24) is 19.7 Å². The zero-order valence-corrected chi connectivity index (χ0v) is 12.1. The molecule has 0 aromatic carbocycles. The molecule has 2 rings (SSSR count). The zero-order chi connectivity index (χ0) is 13.8. The summed E-state index contributed by atoms with van der Waals surface area (Å²) in [6.07, 6.45) is 5.84. The largest absolute Gasteiger partial charge is 0.373 e. The fourth-order valence-corrected chi connectivity index (χ4v) is 2.08. The van der Waals surface area contributed by atoms with Gasteiger partial charge < -0.3 is 5.32 Å². The van der Waals surface area contributed by atoms with Gasteiger partial charge in [-0.05, 0) is 20.3 Å². The molecule has 2 heterocycles. The highest BCUT2D eigenvalue weighted by molar-refractivity contribution is 5.67. The molecule has 0 saturated heterocycles. The number of aromatic nitrogens is 4. The molecular weight excluding hydrogens is 238 g/mol. The van der Waals surface area contributed by atoms with Crippen molar-refractivity contribution < 1.29 is 0 Å². The summed E-state index contributed by atoms with van der Waals surface area (Å²) >= 11 is 0. The third-order valence-corrected chi connectivity index (χ3v) is 3.13. The van der Waals surface area contributed by atoms with Crippen LogP contribution in [0.25, 0.3) is 11.3 Å². The molecule has 0 spiro atoms. The van der Waals surface area contributed by atoms with Gasteiger partial charge in [0.05, 0.1) is 11.9 Å². The van der Waals surface area contributed by atoms with E-state index in [4.69, 9.17) is 0 Å². The van der Waals surface area contributed by atoms with Crippen LogP contribution in [0.5, 0.6) is 0 Å². The first kappa shape index (κ1) is 13.5. The van der Waals surface area contributed by atoms with Gasteiger partial charge in [-0.25, -0.2) is 9.97 Å². The van der Waals surface area contributed by atoms with Crippen molar-refractivity contribution in [3.63, 3.8) is 0 Å². The quantitative estimate of drug-likeness (QED) is 0.897. The summed E-state index contributed by atoms with van der Waals surface area (Å²) in [5.41, 5.74) is 3.09. The maximum atomic E-state index is 4.68. The maximum Gasteiger partial charge on any atom is 0.133 e. The molecule has 0 unspecified atom stereocenters. The van der Waals surface area contributed by atoms with Crippen LogP contribution >= 0.6 is 0 Å². The molecule has 0 atom stereocenters. The van der Waals surface area contributed by atoms with Crippen molar-refractivity contribution >= 4 is 5.82 Å². The Bertz CT molecular complexity index is 559. The topological polar surface area (TPSA) is 55.6 Å². The highest BCUT2D eigenvalue weighted by atomic mass is 15.3. The van der Waals surface area contributed by atoms with Gasteiger partial charge in [-0.2, -0.15) is 5.10 Å².